The lowest BCUT2D eigenvalue weighted by Gasteiger charge is -2.07. The van der Waals surface area contributed by atoms with Gasteiger partial charge < -0.3 is 15.5 Å². The lowest BCUT2D eigenvalue weighted by Crippen LogP contribution is -2.35. The summed E-state index contributed by atoms with van der Waals surface area (Å²) in [7, 11) is 0. The second-order valence-electron chi connectivity index (χ2n) is 4.10. The molecule has 1 aromatic carbocycles. The third-order valence-corrected chi connectivity index (χ3v) is 3.68. The molecule has 0 aromatic heterocycles. The Kier molecular flexibility index (Phi) is 4.33. The number of hydrogen-bond acceptors (Lipinski definition) is 4. The van der Waals surface area contributed by atoms with Gasteiger partial charge in [0.25, 0.3) is 5.91 Å². The predicted molar refractivity (Wildman–Crippen MR) is 79.4 cm³/mol. The highest BCUT2D eigenvalue weighted by Gasteiger charge is 2.35. The lowest BCUT2D eigenvalue weighted by molar-refractivity contribution is -0.140. The van der Waals surface area contributed by atoms with Crippen LogP contribution in [0.15, 0.2) is 26.8 Å². The van der Waals surface area contributed by atoms with Gasteiger partial charge in [-0.05, 0) is 34.1 Å². The van der Waals surface area contributed by atoms with Crippen molar-refractivity contribution in [3.8, 4) is 5.75 Å². The molecular formula is C12H8Br2N2O5. The van der Waals surface area contributed by atoms with Gasteiger partial charge in [0.1, 0.15) is 18.0 Å². The Labute approximate surface area is 135 Å². The molecule has 1 saturated heterocycles. The molecule has 3 amide bonds. The van der Waals surface area contributed by atoms with Gasteiger partial charge in [0.15, 0.2) is 0 Å². The van der Waals surface area contributed by atoms with Gasteiger partial charge in [-0.3, -0.25) is 9.59 Å². The molecule has 1 fully saturated rings. The molecule has 7 nitrogen and oxygen atoms in total. The summed E-state index contributed by atoms with van der Waals surface area (Å²) in [4.78, 5) is 34.7. The number of nitrogens with zero attached hydrogens (tertiary/aromatic N) is 1. The Morgan fingerprint density at radius 3 is 2.62 bits per heavy atom. The number of amides is 3. The minimum absolute atomic E-state index is 0.107. The molecule has 21 heavy (non-hydrogen) atoms. The summed E-state index contributed by atoms with van der Waals surface area (Å²) in [5.74, 6) is -2.17. The Morgan fingerprint density at radius 2 is 2.00 bits per heavy atom. The van der Waals surface area contributed by atoms with Crippen molar-refractivity contribution in [2.75, 3.05) is 6.54 Å². The number of imide groups is 1. The first-order valence-corrected chi connectivity index (χ1v) is 7.12. The monoisotopic (exact) mass is 418 g/mol. The van der Waals surface area contributed by atoms with E-state index in [1.54, 1.807) is 12.1 Å². The van der Waals surface area contributed by atoms with E-state index in [0.717, 1.165) is 0 Å². The average molecular weight is 420 g/mol. The zero-order chi connectivity index (χ0) is 15.7. The molecule has 0 unspecified atom stereocenters. The fourth-order valence-electron chi connectivity index (χ4n) is 1.70. The minimum atomic E-state index is -1.30. The predicted octanol–water partition coefficient (Wildman–Crippen LogP) is 1.89. The molecule has 1 heterocycles. The molecule has 1 aromatic rings. The summed E-state index contributed by atoms with van der Waals surface area (Å²) >= 11 is 6.39. The number of carboxylic acid groups (broad SMARTS) is 1. The molecule has 0 atom stereocenters. The number of phenols is 1. The van der Waals surface area contributed by atoms with Crippen LogP contribution in [0.4, 0.5) is 4.79 Å². The Hall–Kier alpha value is -1.87. The molecule has 110 valence electrons. The van der Waals surface area contributed by atoms with Crippen molar-refractivity contribution in [3.05, 3.63) is 32.3 Å². The van der Waals surface area contributed by atoms with E-state index >= 15 is 0 Å². The van der Waals surface area contributed by atoms with Gasteiger partial charge in [-0.25, -0.2) is 9.69 Å². The third-order valence-electron chi connectivity index (χ3n) is 2.61. The van der Waals surface area contributed by atoms with E-state index in [2.05, 4.69) is 37.2 Å². The number of carboxylic acids is 1. The molecule has 1 aliphatic rings. The van der Waals surface area contributed by atoms with E-state index in [1.165, 1.54) is 6.08 Å². The van der Waals surface area contributed by atoms with Crippen LogP contribution in [0.3, 0.4) is 0 Å². The van der Waals surface area contributed by atoms with Crippen LogP contribution >= 0.6 is 31.9 Å². The van der Waals surface area contributed by atoms with E-state index in [9.17, 15) is 19.5 Å². The van der Waals surface area contributed by atoms with Crippen LogP contribution in [0.1, 0.15) is 5.56 Å². The van der Waals surface area contributed by atoms with E-state index in [-0.39, 0.29) is 17.0 Å². The summed E-state index contributed by atoms with van der Waals surface area (Å²) in [5, 5.41) is 20.8. The number of nitrogens with one attached hydrogen (secondary N) is 1. The van der Waals surface area contributed by atoms with Crippen molar-refractivity contribution in [1.29, 1.82) is 0 Å². The van der Waals surface area contributed by atoms with Gasteiger partial charge in [-0.15, -0.1) is 0 Å². The van der Waals surface area contributed by atoms with Crippen LogP contribution in [-0.4, -0.2) is 39.6 Å². The van der Waals surface area contributed by atoms with Crippen LogP contribution < -0.4 is 5.32 Å². The zero-order valence-electron chi connectivity index (χ0n) is 10.3. The number of rotatable bonds is 3. The summed E-state index contributed by atoms with van der Waals surface area (Å²) in [6.07, 6.45) is 1.27. The Balaban J connectivity index is 2.37. The average Bonchev–Trinajstić information content (AvgIpc) is 2.63. The van der Waals surface area contributed by atoms with Crippen LogP contribution in [0, 0.1) is 0 Å². The third kappa shape index (κ3) is 3.24. The number of aromatic hydroxyl groups is 1. The minimum Gasteiger partial charge on any atom is -0.506 e. The van der Waals surface area contributed by atoms with Gasteiger partial charge in [0, 0.05) is 10.0 Å². The zero-order valence-corrected chi connectivity index (χ0v) is 13.4. The summed E-state index contributed by atoms with van der Waals surface area (Å²) in [6.45, 7) is -0.726. The quantitative estimate of drug-likeness (QED) is 0.512. The second kappa shape index (κ2) is 5.86. The van der Waals surface area contributed by atoms with Gasteiger partial charge in [-0.1, -0.05) is 15.9 Å². The summed E-state index contributed by atoms with van der Waals surface area (Å²) in [6, 6.07) is 2.34. The number of carbonyl (C=O) groups is 3. The Bertz CT molecular complexity index is 686. The van der Waals surface area contributed by atoms with Crippen LogP contribution in [0.5, 0.6) is 5.75 Å². The summed E-state index contributed by atoms with van der Waals surface area (Å²) < 4.78 is 1.06. The SMILES string of the molecule is O=C(O)CN1C(=O)N/C(=C/c2cc(Br)cc(Br)c2O)C1=O. The molecule has 0 saturated carbocycles. The van der Waals surface area contributed by atoms with Crippen LogP contribution in [-0.2, 0) is 9.59 Å². The van der Waals surface area contributed by atoms with Crippen molar-refractivity contribution >= 4 is 55.8 Å². The molecule has 0 aliphatic carbocycles. The van der Waals surface area contributed by atoms with Crippen molar-refractivity contribution in [2.45, 2.75) is 0 Å². The van der Waals surface area contributed by atoms with Crippen LogP contribution in [0.25, 0.3) is 6.08 Å². The molecule has 2 rings (SSSR count). The van der Waals surface area contributed by atoms with Crippen LogP contribution in [0.2, 0.25) is 0 Å². The topological polar surface area (TPSA) is 107 Å². The first-order chi connectivity index (χ1) is 9.79. The van der Waals surface area contributed by atoms with Crippen molar-refractivity contribution < 1.29 is 24.6 Å². The fraction of sp³-hybridized carbons (Fsp3) is 0.0833. The first-order valence-electron chi connectivity index (χ1n) is 5.54. The van der Waals surface area contributed by atoms with Gasteiger partial charge in [-0.2, -0.15) is 0 Å². The highest BCUT2D eigenvalue weighted by atomic mass is 79.9. The molecule has 9 heteroatoms. The number of carbonyl (C=O) groups excluding carboxylic acids is 2. The molecule has 0 spiro atoms. The van der Waals surface area contributed by atoms with E-state index < -0.39 is 24.5 Å². The number of urea groups is 1. The molecule has 1 aliphatic heterocycles. The van der Waals surface area contributed by atoms with E-state index in [4.69, 9.17) is 5.11 Å². The molecule has 0 radical (unpaired) electrons. The maximum Gasteiger partial charge on any atom is 0.329 e. The summed E-state index contributed by atoms with van der Waals surface area (Å²) in [5.41, 5.74) is 0.179. The Morgan fingerprint density at radius 1 is 1.33 bits per heavy atom. The van der Waals surface area contributed by atoms with Crippen molar-refractivity contribution in [2.24, 2.45) is 0 Å². The highest BCUT2D eigenvalue weighted by Crippen LogP contribution is 2.33. The first kappa shape index (κ1) is 15.5. The highest BCUT2D eigenvalue weighted by molar-refractivity contribution is 9.11. The number of hydrogen-bond donors (Lipinski definition) is 3. The smallest absolute Gasteiger partial charge is 0.329 e. The number of benzene rings is 1. The maximum absolute atomic E-state index is 11.9. The number of phenolic OH excluding ortho intramolecular Hbond substituents is 1. The van der Waals surface area contributed by atoms with Crippen molar-refractivity contribution in [1.82, 2.24) is 10.2 Å². The largest absolute Gasteiger partial charge is 0.506 e. The fourth-order valence-corrected chi connectivity index (χ4v) is 2.96. The number of halogens is 2. The van der Waals surface area contributed by atoms with E-state index in [0.29, 0.717) is 13.8 Å². The van der Waals surface area contributed by atoms with Crippen molar-refractivity contribution in [3.63, 3.8) is 0 Å². The van der Waals surface area contributed by atoms with Gasteiger partial charge >= 0.3 is 12.0 Å². The molecular weight excluding hydrogens is 412 g/mol. The van der Waals surface area contributed by atoms with Gasteiger partial charge in [0.2, 0.25) is 0 Å². The molecule has 3 N–H and O–H groups in total. The molecule has 0 bridgehead atoms. The standard InChI is InChI=1S/C12H8Br2N2O5/c13-6-1-5(10(19)7(14)3-6)2-8-11(20)16(4-9(17)18)12(21)15-8/h1-3,19H,4H2,(H,15,21)(H,17,18)/b8-2+. The lowest BCUT2D eigenvalue weighted by atomic mass is 10.1. The van der Waals surface area contributed by atoms with E-state index in [1.807, 2.05) is 0 Å². The number of aliphatic carboxylic acids is 1. The maximum atomic E-state index is 11.9. The van der Waals surface area contributed by atoms with Gasteiger partial charge in [0.05, 0.1) is 4.47 Å². The second-order valence-corrected chi connectivity index (χ2v) is 5.87. The normalized spacial score (nSPS) is 16.5.